The number of hydrogen-bond donors (Lipinski definition) is 3. The van der Waals surface area contributed by atoms with Crippen LogP contribution < -0.4 is 10.6 Å². The summed E-state index contributed by atoms with van der Waals surface area (Å²) in [7, 11) is 0. The molecule has 2 amide bonds. The number of alkyl carbamates (subject to hydrolysis) is 1. The molecule has 1 atom stereocenters. The fraction of sp³-hybridized carbons (Fsp3) is 0.350. The Kier molecular flexibility index (Phi) is 7.05. The Morgan fingerprint density at radius 1 is 1.48 bits per heavy atom. The summed E-state index contributed by atoms with van der Waals surface area (Å²) in [5.41, 5.74) is 2.25. The van der Waals surface area contributed by atoms with Crippen LogP contribution in [-0.4, -0.2) is 36.9 Å². The molecule has 0 saturated heterocycles. The van der Waals surface area contributed by atoms with E-state index in [0.717, 1.165) is 22.4 Å². The number of amides is 2. The Morgan fingerprint density at radius 3 is 3.07 bits per heavy atom. The van der Waals surface area contributed by atoms with Crippen molar-refractivity contribution in [2.75, 3.05) is 25.1 Å². The van der Waals surface area contributed by atoms with Crippen molar-refractivity contribution >= 4 is 34.4 Å². The number of furan rings is 1. The number of aliphatic hydroxyl groups excluding tert-OH is 1. The van der Waals surface area contributed by atoms with Gasteiger partial charge in [0.05, 0.1) is 31.3 Å². The summed E-state index contributed by atoms with van der Waals surface area (Å²) in [5, 5.41) is 24.0. The maximum Gasteiger partial charge on any atom is 0.407 e. The highest BCUT2D eigenvalue weighted by Gasteiger charge is 2.27. The van der Waals surface area contributed by atoms with Crippen LogP contribution in [-0.2, 0) is 22.4 Å². The van der Waals surface area contributed by atoms with E-state index in [4.69, 9.17) is 14.3 Å². The minimum Gasteiger partial charge on any atom is -0.472 e. The molecular formula is C20H21N3O5S. The Hall–Kier alpha value is -3.09. The molecule has 0 aliphatic heterocycles. The van der Waals surface area contributed by atoms with Gasteiger partial charge in [0.25, 0.3) is 0 Å². The second kappa shape index (κ2) is 9.91. The van der Waals surface area contributed by atoms with Crippen molar-refractivity contribution in [2.24, 2.45) is 5.92 Å². The first kappa shape index (κ1) is 20.6. The van der Waals surface area contributed by atoms with E-state index < -0.39 is 6.09 Å². The fourth-order valence-corrected chi connectivity index (χ4v) is 4.42. The van der Waals surface area contributed by atoms with Gasteiger partial charge >= 0.3 is 6.09 Å². The summed E-state index contributed by atoms with van der Waals surface area (Å²) in [6, 6.07) is 3.94. The van der Waals surface area contributed by atoms with Crippen molar-refractivity contribution in [2.45, 2.75) is 19.3 Å². The van der Waals surface area contributed by atoms with Gasteiger partial charge in [0, 0.05) is 23.1 Å². The molecule has 152 valence electrons. The minimum atomic E-state index is -0.550. The Bertz CT molecular complexity index is 927. The highest BCUT2D eigenvalue weighted by atomic mass is 32.1. The van der Waals surface area contributed by atoms with E-state index in [1.807, 2.05) is 0 Å². The first-order chi connectivity index (χ1) is 14.1. The second-order valence-corrected chi connectivity index (χ2v) is 7.66. The number of ether oxygens (including phenoxy) is 1. The molecule has 0 fully saturated rings. The lowest BCUT2D eigenvalue weighted by molar-refractivity contribution is -0.111. The molecular weight excluding hydrogens is 394 g/mol. The molecule has 1 unspecified atom stereocenters. The summed E-state index contributed by atoms with van der Waals surface area (Å²) in [5.74, 6) is -0.168. The zero-order chi connectivity index (χ0) is 20.6. The van der Waals surface area contributed by atoms with Crippen LogP contribution >= 0.6 is 11.3 Å². The summed E-state index contributed by atoms with van der Waals surface area (Å²) in [6.45, 7) is 0.285. The number of nitrogens with one attached hydrogen (secondary N) is 2. The Morgan fingerprint density at radius 2 is 2.34 bits per heavy atom. The summed E-state index contributed by atoms with van der Waals surface area (Å²) >= 11 is 1.39. The number of carbonyl (C=O) groups excluding carboxylic acids is 2. The van der Waals surface area contributed by atoms with Crippen LogP contribution in [0.15, 0.2) is 29.1 Å². The first-order valence-corrected chi connectivity index (χ1v) is 9.99. The van der Waals surface area contributed by atoms with Crippen LogP contribution in [0, 0.1) is 17.2 Å². The van der Waals surface area contributed by atoms with Crippen molar-refractivity contribution in [3.8, 4) is 6.07 Å². The molecule has 3 rings (SSSR count). The van der Waals surface area contributed by atoms with Gasteiger partial charge in [0.15, 0.2) is 0 Å². The number of hydrogen-bond acceptors (Lipinski definition) is 7. The average Bonchev–Trinajstić information content (AvgIpc) is 3.35. The van der Waals surface area contributed by atoms with Gasteiger partial charge in [-0.25, -0.2) is 4.79 Å². The van der Waals surface area contributed by atoms with Crippen LogP contribution in [0.3, 0.4) is 0 Å². The molecule has 29 heavy (non-hydrogen) atoms. The molecule has 2 aromatic heterocycles. The van der Waals surface area contributed by atoms with Crippen LogP contribution in [0.5, 0.6) is 0 Å². The monoisotopic (exact) mass is 415 g/mol. The number of aliphatic hydroxyl groups is 1. The molecule has 3 N–H and O–H groups in total. The van der Waals surface area contributed by atoms with Gasteiger partial charge < -0.3 is 24.9 Å². The number of nitrogens with zero attached hydrogens (tertiary/aromatic N) is 1. The van der Waals surface area contributed by atoms with E-state index in [2.05, 4.69) is 16.7 Å². The van der Waals surface area contributed by atoms with Crippen LogP contribution in [0.2, 0.25) is 0 Å². The minimum absolute atomic E-state index is 0.139. The second-order valence-electron chi connectivity index (χ2n) is 6.56. The number of thiophene rings is 1. The van der Waals surface area contributed by atoms with Crippen LogP contribution in [0.4, 0.5) is 9.80 Å². The van der Waals surface area contributed by atoms with Crippen molar-refractivity contribution in [3.05, 3.63) is 46.2 Å². The lowest BCUT2D eigenvalue weighted by Crippen LogP contribution is -2.29. The molecule has 2 aromatic rings. The van der Waals surface area contributed by atoms with Gasteiger partial charge in [-0.1, -0.05) is 0 Å². The predicted molar refractivity (Wildman–Crippen MR) is 107 cm³/mol. The number of rotatable bonds is 7. The molecule has 1 aliphatic carbocycles. The third kappa shape index (κ3) is 5.47. The van der Waals surface area contributed by atoms with Gasteiger partial charge in [-0.15, -0.1) is 11.3 Å². The predicted octanol–water partition coefficient (Wildman–Crippen LogP) is 2.69. The largest absolute Gasteiger partial charge is 0.472 e. The molecule has 0 aromatic carbocycles. The zero-order valence-corrected chi connectivity index (χ0v) is 16.5. The van der Waals surface area contributed by atoms with Gasteiger partial charge in [0.1, 0.15) is 11.1 Å². The number of carbonyl (C=O) groups is 2. The first-order valence-electron chi connectivity index (χ1n) is 9.18. The van der Waals surface area contributed by atoms with E-state index >= 15 is 0 Å². The van der Waals surface area contributed by atoms with Gasteiger partial charge in [-0.2, -0.15) is 5.26 Å². The Labute approximate surface area is 171 Å². The standard InChI is InChI=1S/C20H21N3O5S/c21-10-16-15-3-1-14(12-28-20(26)22-6-7-24)9-17(15)29-19(16)23-18(25)4-2-13-5-8-27-11-13/h2,4-5,8,11,14,24H,1,3,6-7,9,12H2,(H,22,26)(H,23,25). The SMILES string of the molecule is N#Cc1c(NC(=O)C=Cc2ccoc2)sc2c1CCC(COC(=O)NCCO)C2. The van der Waals surface area contributed by atoms with Crippen molar-refractivity contribution in [1.82, 2.24) is 5.32 Å². The quantitative estimate of drug-likeness (QED) is 0.597. The topological polar surface area (TPSA) is 125 Å². The molecule has 8 nitrogen and oxygen atoms in total. The van der Waals surface area contributed by atoms with E-state index in [1.165, 1.54) is 29.9 Å². The molecule has 1 aliphatic rings. The molecule has 0 spiro atoms. The van der Waals surface area contributed by atoms with Gasteiger partial charge in [0.2, 0.25) is 5.91 Å². The van der Waals surface area contributed by atoms with E-state index in [9.17, 15) is 14.9 Å². The lowest BCUT2D eigenvalue weighted by Gasteiger charge is -2.21. The summed E-state index contributed by atoms with van der Waals surface area (Å²) < 4.78 is 10.1. The smallest absolute Gasteiger partial charge is 0.407 e. The van der Waals surface area contributed by atoms with Gasteiger partial charge in [-0.05, 0) is 42.9 Å². The van der Waals surface area contributed by atoms with Crippen molar-refractivity contribution < 1.29 is 23.8 Å². The van der Waals surface area contributed by atoms with Crippen LogP contribution in [0.25, 0.3) is 6.08 Å². The number of anilines is 1. The third-order valence-corrected chi connectivity index (χ3v) is 5.69. The van der Waals surface area contributed by atoms with E-state index in [-0.39, 0.29) is 31.6 Å². The highest BCUT2D eigenvalue weighted by molar-refractivity contribution is 7.16. The molecule has 9 heteroatoms. The van der Waals surface area contributed by atoms with Crippen molar-refractivity contribution in [3.63, 3.8) is 0 Å². The van der Waals surface area contributed by atoms with Crippen LogP contribution in [0.1, 0.15) is 28.0 Å². The highest BCUT2D eigenvalue weighted by Crippen LogP contribution is 2.39. The zero-order valence-electron chi connectivity index (χ0n) is 15.6. The molecule has 0 bridgehead atoms. The van der Waals surface area contributed by atoms with Crippen molar-refractivity contribution in [1.29, 1.82) is 5.26 Å². The normalized spacial score (nSPS) is 15.5. The maximum atomic E-state index is 12.2. The maximum absolute atomic E-state index is 12.2. The van der Waals surface area contributed by atoms with E-state index in [0.29, 0.717) is 23.4 Å². The molecule has 0 saturated carbocycles. The van der Waals surface area contributed by atoms with E-state index in [1.54, 1.807) is 12.1 Å². The average molecular weight is 415 g/mol. The summed E-state index contributed by atoms with van der Waals surface area (Å²) in [4.78, 5) is 24.8. The third-order valence-electron chi connectivity index (χ3n) is 4.52. The molecule has 0 radical (unpaired) electrons. The number of nitriles is 1. The fourth-order valence-electron chi connectivity index (χ4n) is 3.10. The Balaban J connectivity index is 1.61. The lowest BCUT2D eigenvalue weighted by atomic mass is 9.88. The number of fused-ring (bicyclic) bond motifs is 1. The van der Waals surface area contributed by atoms with Gasteiger partial charge in [-0.3, -0.25) is 4.79 Å². The molecule has 2 heterocycles. The summed E-state index contributed by atoms with van der Waals surface area (Å²) in [6.07, 6.45) is 7.70.